The number of nitro groups is 1. The fourth-order valence-electron chi connectivity index (χ4n) is 3.06. The van der Waals surface area contributed by atoms with E-state index in [0.717, 1.165) is 16.8 Å². The van der Waals surface area contributed by atoms with Crippen LogP contribution in [0.15, 0.2) is 59.6 Å². The summed E-state index contributed by atoms with van der Waals surface area (Å²) in [5, 5.41) is 15.2. The molecule has 2 aromatic carbocycles. The maximum Gasteiger partial charge on any atom is 0.269 e. The van der Waals surface area contributed by atoms with Crippen molar-refractivity contribution in [3.05, 3.63) is 76.0 Å². The molecule has 0 bridgehead atoms. The molecule has 0 radical (unpaired) electrons. The number of aromatic nitrogens is 2. The Morgan fingerprint density at radius 2 is 1.73 bits per heavy atom. The van der Waals surface area contributed by atoms with Crippen LogP contribution in [0.4, 0.5) is 11.5 Å². The van der Waals surface area contributed by atoms with Crippen molar-refractivity contribution >= 4 is 23.1 Å². The molecule has 1 aliphatic rings. The van der Waals surface area contributed by atoms with Crippen LogP contribution in [0, 0.1) is 17.0 Å². The lowest BCUT2D eigenvalue weighted by Crippen LogP contribution is -2.21. The number of benzene rings is 2. The summed E-state index contributed by atoms with van der Waals surface area (Å²) in [5.74, 6) is 0.326. The van der Waals surface area contributed by atoms with Crippen LogP contribution in [0.1, 0.15) is 22.5 Å². The highest BCUT2D eigenvalue weighted by Crippen LogP contribution is 2.36. The van der Waals surface area contributed by atoms with Crippen LogP contribution in [-0.2, 0) is 0 Å². The van der Waals surface area contributed by atoms with E-state index in [0.29, 0.717) is 17.1 Å². The van der Waals surface area contributed by atoms with Crippen molar-refractivity contribution in [2.24, 2.45) is 4.99 Å². The van der Waals surface area contributed by atoms with Crippen LogP contribution in [-0.4, -0.2) is 26.3 Å². The minimum absolute atomic E-state index is 0.00217. The second-order valence-corrected chi connectivity index (χ2v) is 5.99. The molecule has 26 heavy (non-hydrogen) atoms. The van der Waals surface area contributed by atoms with Gasteiger partial charge in [0.1, 0.15) is 0 Å². The van der Waals surface area contributed by atoms with Crippen LogP contribution in [0.5, 0.6) is 0 Å². The van der Waals surface area contributed by atoms with E-state index in [2.05, 4.69) is 10.1 Å². The van der Waals surface area contributed by atoms with E-state index < -0.39 is 4.92 Å². The highest BCUT2D eigenvalue weighted by atomic mass is 16.6. The summed E-state index contributed by atoms with van der Waals surface area (Å²) in [7, 11) is 0. The second-order valence-electron chi connectivity index (χ2n) is 5.99. The third-order valence-electron chi connectivity index (χ3n) is 4.31. The maximum atomic E-state index is 12.6. The van der Waals surface area contributed by atoms with Gasteiger partial charge in [-0.3, -0.25) is 14.9 Å². The van der Waals surface area contributed by atoms with E-state index in [4.69, 9.17) is 0 Å². The Morgan fingerprint density at radius 1 is 1.04 bits per heavy atom. The molecule has 2 heterocycles. The first-order valence-electron chi connectivity index (χ1n) is 8.05. The number of carbonyl (C=O) groups is 1. The third-order valence-corrected chi connectivity index (χ3v) is 4.31. The minimum Gasteiger partial charge on any atom is -0.272 e. The summed E-state index contributed by atoms with van der Waals surface area (Å²) in [6.45, 7) is 1.85. The van der Waals surface area contributed by atoms with E-state index in [1.54, 1.807) is 12.1 Å². The minimum atomic E-state index is -0.455. The molecule has 0 unspecified atom stereocenters. The zero-order valence-electron chi connectivity index (χ0n) is 13.9. The Balaban J connectivity index is 1.84. The Labute approximate surface area is 148 Å². The molecule has 0 N–H and O–H groups in total. The van der Waals surface area contributed by atoms with Gasteiger partial charge in [0, 0.05) is 17.7 Å². The average molecular weight is 346 g/mol. The van der Waals surface area contributed by atoms with Crippen molar-refractivity contribution in [3.63, 3.8) is 0 Å². The molecule has 7 nitrogen and oxygen atoms in total. The zero-order chi connectivity index (χ0) is 18.3. The molecule has 0 fully saturated rings. The van der Waals surface area contributed by atoms with Crippen molar-refractivity contribution in [2.45, 2.75) is 13.3 Å². The summed E-state index contributed by atoms with van der Waals surface area (Å²) in [4.78, 5) is 27.6. The summed E-state index contributed by atoms with van der Waals surface area (Å²) < 4.78 is 1.34. The van der Waals surface area contributed by atoms with Crippen LogP contribution in [0.3, 0.4) is 0 Å². The predicted octanol–water partition coefficient (Wildman–Crippen LogP) is 3.93. The fraction of sp³-hybridized carbons (Fsp3) is 0.105. The van der Waals surface area contributed by atoms with E-state index in [-0.39, 0.29) is 18.0 Å². The van der Waals surface area contributed by atoms with Crippen molar-refractivity contribution in [1.82, 2.24) is 9.78 Å². The molecule has 1 aliphatic heterocycles. The van der Waals surface area contributed by atoms with Gasteiger partial charge in [-0.25, -0.2) is 4.99 Å². The van der Waals surface area contributed by atoms with Crippen LogP contribution in [0.25, 0.3) is 11.1 Å². The number of aryl methyl sites for hydroxylation is 1. The molecular formula is C19H14N4O3. The lowest BCUT2D eigenvalue weighted by atomic mass is 10.0. The lowest BCUT2D eigenvalue weighted by Gasteiger charge is -2.14. The Kier molecular flexibility index (Phi) is 3.69. The number of hydrogen-bond acceptors (Lipinski definition) is 5. The van der Waals surface area contributed by atoms with Gasteiger partial charge in [-0.05, 0) is 30.2 Å². The zero-order valence-corrected chi connectivity index (χ0v) is 13.9. The summed E-state index contributed by atoms with van der Waals surface area (Å²) >= 11 is 0. The largest absolute Gasteiger partial charge is 0.272 e. The first kappa shape index (κ1) is 15.9. The Bertz CT molecular complexity index is 1050. The smallest absolute Gasteiger partial charge is 0.269 e. The normalized spacial score (nSPS) is 13.3. The van der Waals surface area contributed by atoms with Gasteiger partial charge in [0.25, 0.3) is 11.6 Å². The molecule has 0 saturated carbocycles. The highest BCUT2D eigenvalue weighted by molar-refractivity contribution is 6.15. The van der Waals surface area contributed by atoms with E-state index in [9.17, 15) is 14.9 Å². The molecule has 0 aliphatic carbocycles. The molecule has 7 heteroatoms. The summed E-state index contributed by atoms with van der Waals surface area (Å²) in [6, 6.07) is 15.7. The number of carbonyl (C=O) groups excluding carboxylic acids is 1. The average Bonchev–Trinajstić information content (AvgIpc) is 2.99. The third kappa shape index (κ3) is 2.59. The number of non-ortho nitro benzene ring substituents is 1. The highest BCUT2D eigenvalue weighted by Gasteiger charge is 2.27. The molecule has 128 valence electrons. The van der Waals surface area contributed by atoms with Gasteiger partial charge in [-0.1, -0.05) is 30.3 Å². The number of hydrogen-bond donors (Lipinski definition) is 0. The lowest BCUT2D eigenvalue weighted by molar-refractivity contribution is -0.384. The molecule has 3 aromatic rings. The maximum absolute atomic E-state index is 12.6. The van der Waals surface area contributed by atoms with Gasteiger partial charge in [-0.2, -0.15) is 9.78 Å². The first-order chi connectivity index (χ1) is 12.5. The van der Waals surface area contributed by atoms with E-state index >= 15 is 0 Å². The van der Waals surface area contributed by atoms with Crippen LogP contribution in [0.2, 0.25) is 0 Å². The number of nitrogens with zero attached hydrogens (tertiary/aromatic N) is 4. The Hall–Kier alpha value is -3.61. The van der Waals surface area contributed by atoms with Crippen molar-refractivity contribution in [2.75, 3.05) is 0 Å². The summed E-state index contributed by atoms with van der Waals surface area (Å²) in [6.07, 6.45) is 0.0974. The van der Waals surface area contributed by atoms with E-state index in [1.807, 2.05) is 37.3 Å². The number of rotatable bonds is 3. The molecule has 4 rings (SSSR count). The topological polar surface area (TPSA) is 90.4 Å². The molecule has 0 atom stereocenters. The monoisotopic (exact) mass is 346 g/mol. The molecule has 1 aromatic heterocycles. The first-order valence-corrected chi connectivity index (χ1v) is 8.05. The van der Waals surface area contributed by atoms with Gasteiger partial charge in [0.15, 0.2) is 5.82 Å². The molecule has 0 saturated heterocycles. The fourth-order valence-corrected chi connectivity index (χ4v) is 3.06. The van der Waals surface area contributed by atoms with Crippen molar-refractivity contribution in [1.29, 1.82) is 0 Å². The number of aliphatic imine (C=N–C) groups is 1. The standard InChI is InChI=1S/C19H14N4O3/c1-12-18(14-5-3-2-4-6-14)19-20-16(11-17(24)22(19)21-12)13-7-9-15(10-8-13)23(25)26/h2-10H,11H2,1H3. The van der Waals surface area contributed by atoms with Gasteiger partial charge in [-0.15, -0.1) is 0 Å². The molecule has 0 spiro atoms. The summed E-state index contributed by atoms with van der Waals surface area (Å²) in [5.41, 5.74) is 3.75. The molecular weight excluding hydrogens is 332 g/mol. The van der Waals surface area contributed by atoms with Crippen LogP contribution >= 0.6 is 0 Å². The number of nitro benzene ring substituents is 1. The Morgan fingerprint density at radius 3 is 2.38 bits per heavy atom. The van der Waals surface area contributed by atoms with Gasteiger partial charge in [0.05, 0.1) is 22.7 Å². The SMILES string of the molecule is Cc1nn2c(c1-c1ccccc1)N=C(c1ccc([N+](=O)[O-])cc1)CC2=O. The number of fused-ring (bicyclic) bond motifs is 1. The van der Waals surface area contributed by atoms with Crippen molar-refractivity contribution < 1.29 is 9.72 Å². The van der Waals surface area contributed by atoms with E-state index in [1.165, 1.54) is 16.8 Å². The van der Waals surface area contributed by atoms with Crippen LogP contribution < -0.4 is 0 Å². The second kappa shape index (κ2) is 6.03. The van der Waals surface area contributed by atoms with Gasteiger partial charge < -0.3 is 0 Å². The van der Waals surface area contributed by atoms with Gasteiger partial charge in [0.2, 0.25) is 0 Å². The van der Waals surface area contributed by atoms with Crippen molar-refractivity contribution in [3.8, 4) is 11.1 Å². The quantitative estimate of drug-likeness (QED) is 0.531. The predicted molar refractivity (Wildman–Crippen MR) is 96.9 cm³/mol. The van der Waals surface area contributed by atoms with Gasteiger partial charge >= 0.3 is 0 Å². The molecule has 0 amide bonds.